The average molecular weight is 302 g/mol. The van der Waals surface area contributed by atoms with Crippen molar-refractivity contribution in [1.82, 2.24) is 0 Å². The fraction of sp³-hybridized carbons (Fsp3) is 0.947. The van der Waals surface area contributed by atoms with E-state index in [0.29, 0.717) is 17.1 Å². The maximum atomic E-state index is 12.4. The topological polar surface area (TPSA) is 42.1 Å². The predicted molar refractivity (Wildman–Crippen MR) is 79.7 cm³/mol. The largest absolute Gasteiger partial charge is 0.307 e. The fourth-order valence-corrected chi connectivity index (χ4v) is 7.68. The van der Waals surface area contributed by atoms with E-state index in [4.69, 9.17) is 9.47 Å². The second-order valence-corrected chi connectivity index (χ2v) is 9.67. The van der Waals surface area contributed by atoms with Gasteiger partial charge in [0.25, 0.3) is 0 Å². The van der Waals surface area contributed by atoms with E-state index in [1.54, 1.807) is 0 Å². The van der Waals surface area contributed by atoms with Gasteiger partial charge in [-0.1, -0.05) is 13.8 Å². The molecule has 0 bridgehead atoms. The zero-order valence-corrected chi connectivity index (χ0v) is 13.7. The third-order valence-corrected chi connectivity index (χ3v) is 9.06. The van der Waals surface area contributed by atoms with Gasteiger partial charge in [0.05, 0.1) is 0 Å². The Kier molecular flexibility index (Phi) is 1.97. The molecule has 2 saturated heterocycles. The van der Waals surface area contributed by atoms with Crippen LogP contribution in [-0.2, 0) is 14.3 Å². The van der Waals surface area contributed by atoms with Crippen molar-refractivity contribution in [3.05, 3.63) is 0 Å². The molecule has 0 unspecified atom stereocenters. The van der Waals surface area contributed by atoms with E-state index in [2.05, 4.69) is 13.8 Å². The monoisotopic (exact) mass is 302 g/mol. The lowest BCUT2D eigenvalue weighted by atomic mass is 9.45. The number of fused-ring (bicyclic) bond motifs is 5. The van der Waals surface area contributed by atoms with Crippen LogP contribution in [0.4, 0.5) is 0 Å². The SMILES string of the molecule is C[C@]12C[C@]34O[C@]3(C[C@@H]1CC[C@@H]1[C@@H]2CC[C@]2(C)C(=O)CC[C@@H]12)O4. The van der Waals surface area contributed by atoms with Crippen LogP contribution < -0.4 is 0 Å². The first-order chi connectivity index (χ1) is 10.4. The number of ketones is 1. The van der Waals surface area contributed by atoms with Crippen LogP contribution >= 0.6 is 0 Å². The van der Waals surface area contributed by atoms with Crippen LogP contribution in [0.2, 0.25) is 0 Å². The second kappa shape index (κ2) is 3.35. The van der Waals surface area contributed by atoms with Crippen molar-refractivity contribution < 1.29 is 14.3 Å². The van der Waals surface area contributed by atoms with E-state index in [0.717, 1.165) is 49.9 Å². The predicted octanol–water partition coefficient (Wildman–Crippen LogP) is 3.66. The number of rotatable bonds is 0. The molecule has 4 saturated carbocycles. The van der Waals surface area contributed by atoms with Crippen LogP contribution in [0.1, 0.15) is 65.2 Å². The van der Waals surface area contributed by atoms with Crippen LogP contribution in [0.25, 0.3) is 0 Å². The molecule has 6 rings (SSSR count). The molecule has 0 radical (unpaired) electrons. The highest BCUT2D eigenvalue weighted by Gasteiger charge is 2.94. The molecule has 22 heavy (non-hydrogen) atoms. The molecular formula is C19H26O3. The van der Waals surface area contributed by atoms with Gasteiger partial charge in [-0.25, -0.2) is 0 Å². The molecule has 0 aromatic rings. The Bertz CT molecular complexity index is 591. The lowest BCUT2D eigenvalue weighted by Crippen LogP contribution is -2.53. The van der Waals surface area contributed by atoms with Gasteiger partial charge in [-0.3, -0.25) is 4.79 Å². The minimum atomic E-state index is -0.160. The molecule has 6 fully saturated rings. The molecule has 0 amide bonds. The molecular weight excluding hydrogens is 276 g/mol. The molecule has 3 nitrogen and oxygen atoms in total. The minimum absolute atomic E-state index is 0.00718. The molecule has 4 aliphatic carbocycles. The standard InChI is InChI=1S/C19H26O3/c1-16-8-7-14-12(13(16)5-6-15(16)20)4-3-11-9-18-19(21-18,22-18)10-17(11,14)2/h11-14H,3-10H2,1-2H3/t11-,12-,13-,14-,16-,17-,18-,19-/m0/s1. The van der Waals surface area contributed by atoms with Crippen LogP contribution in [0.5, 0.6) is 0 Å². The summed E-state index contributed by atoms with van der Waals surface area (Å²) < 4.78 is 11.9. The average Bonchev–Trinajstić information content (AvgIpc) is 3.23. The number of epoxide rings is 2. The Balaban J connectivity index is 1.37. The van der Waals surface area contributed by atoms with E-state index >= 15 is 0 Å². The van der Waals surface area contributed by atoms with Crippen LogP contribution in [0.3, 0.4) is 0 Å². The van der Waals surface area contributed by atoms with Gasteiger partial charge in [0, 0.05) is 24.7 Å². The highest BCUT2D eigenvalue weighted by atomic mass is 17.0. The van der Waals surface area contributed by atoms with Gasteiger partial charge in [-0.15, -0.1) is 0 Å². The number of Topliss-reactive ketones (excluding diaryl/α,β-unsaturated/α-hetero) is 1. The summed E-state index contributed by atoms with van der Waals surface area (Å²) in [5, 5.41) is 0. The summed E-state index contributed by atoms with van der Waals surface area (Å²) in [6, 6.07) is 0. The number of hydrogen-bond acceptors (Lipinski definition) is 3. The van der Waals surface area contributed by atoms with Gasteiger partial charge in [-0.2, -0.15) is 0 Å². The van der Waals surface area contributed by atoms with Gasteiger partial charge in [0.15, 0.2) is 0 Å². The third-order valence-electron chi connectivity index (χ3n) is 9.06. The van der Waals surface area contributed by atoms with E-state index in [-0.39, 0.29) is 17.0 Å². The van der Waals surface area contributed by atoms with Gasteiger partial charge < -0.3 is 9.47 Å². The number of carbonyl (C=O) groups is 1. The molecule has 0 aromatic heterocycles. The van der Waals surface area contributed by atoms with Crippen LogP contribution in [0, 0.1) is 34.5 Å². The molecule has 0 spiro atoms. The van der Waals surface area contributed by atoms with Crippen molar-refractivity contribution in [2.24, 2.45) is 34.5 Å². The number of hydrogen-bond donors (Lipinski definition) is 0. The number of carbonyl (C=O) groups excluding carboxylic acids is 1. The van der Waals surface area contributed by atoms with Crippen LogP contribution in [0.15, 0.2) is 0 Å². The molecule has 6 atom stereocenters. The molecule has 2 heterocycles. The zero-order valence-electron chi connectivity index (χ0n) is 13.7. The summed E-state index contributed by atoms with van der Waals surface area (Å²) in [5.41, 5.74) is 0.389. The van der Waals surface area contributed by atoms with Gasteiger partial charge >= 0.3 is 0 Å². The molecule has 0 N–H and O–H groups in total. The van der Waals surface area contributed by atoms with Gasteiger partial charge in [0.1, 0.15) is 5.78 Å². The highest BCUT2D eigenvalue weighted by molar-refractivity contribution is 5.87. The smallest absolute Gasteiger partial charge is 0.229 e. The van der Waals surface area contributed by atoms with Gasteiger partial charge in [-0.05, 0) is 61.2 Å². The third kappa shape index (κ3) is 1.18. The summed E-state index contributed by atoms with van der Waals surface area (Å²) in [6.45, 7) is 4.80. The summed E-state index contributed by atoms with van der Waals surface area (Å²) in [5.74, 6) is 3.25. The van der Waals surface area contributed by atoms with Crippen molar-refractivity contribution in [3.8, 4) is 0 Å². The first-order valence-corrected chi connectivity index (χ1v) is 9.36. The Morgan fingerprint density at radius 2 is 1.82 bits per heavy atom. The zero-order chi connectivity index (χ0) is 15.0. The Labute approximate surface area is 132 Å². The maximum absolute atomic E-state index is 12.4. The first-order valence-electron chi connectivity index (χ1n) is 9.36. The van der Waals surface area contributed by atoms with E-state index in [1.165, 1.54) is 19.3 Å². The van der Waals surface area contributed by atoms with Crippen molar-refractivity contribution in [2.75, 3.05) is 0 Å². The van der Waals surface area contributed by atoms with Crippen LogP contribution in [-0.4, -0.2) is 17.4 Å². The summed E-state index contributed by atoms with van der Waals surface area (Å²) >= 11 is 0. The van der Waals surface area contributed by atoms with Crippen molar-refractivity contribution in [1.29, 1.82) is 0 Å². The van der Waals surface area contributed by atoms with E-state index in [9.17, 15) is 4.79 Å². The van der Waals surface area contributed by atoms with E-state index < -0.39 is 0 Å². The maximum Gasteiger partial charge on any atom is 0.229 e. The fourth-order valence-electron chi connectivity index (χ4n) is 7.68. The van der Waals surface area contributed by atoms with Crippen molar-refractivity contribution in [2.45, 2.75) is 76.8 Å². The molecule has 3 heteroatoms. The molecule has 120 valence electrons. The summed E-state index contributed by atoms with van der Waals surface area (Å²) in [6.07, 6.45) is 9.27. The molecule has 2 aliphatic heterocycles. The molecule has 6 aliphatic rings. The highest BCUT2D eigenvalue weighted by Crippen LogP contribution is 2.81. The summed E-state index contributed by atoms with van der Waals surface area (Å²) in [7, 11) is 0. The quantitative estimate of drug-likeness (QED) is 0.641. The number of ether oxygens (including phenoxy) is 2. The van der Waals surface area contributed by atoms with Crippen molar-refractivity contribution >= 4 is 5.78 Å². The van der Waals surface area contributed by atoms with E-state index in [1.807, 2.05) is 0 Å². The lowest BCUT2D eigenvalue weighted by molar-refractivity contribution is -0.139. The Hall–Kier alpha value is -0.410. The minimum Gasteiger partial charge on any atom is -0.307 e. The molecule has 0 aromatic carbocycles. The summed E-state index contributed by atoms with van der Waals surface area (Å²) in [4.78, 5) is 12.4. The first kappa shape index (κ1) is 12.9. The second-order valence-electron chi connectivity index (χ2n) is 9.67. The van der Waals surface area contributed by atoms with Gasteiger partial charge in [0.2, 0.25) is 11.6 Å². The van der Waals surface area contributed by atoms with Crippen molar-refractivity contribution in [3.63, 3.8) is 0 Å². The lowest BCUT2D eigenvalue weighted by Gasteiger charge is -2.58. The normalized spacial score (nSPS) is 67.5. The Morgan fingerprint density at radius 3 is 2.64 bits per heavy atom. The Morgan fingerprint density at radius 1 is 1.00 bits per heavy atom.